The summed E-state index contributed by atoms with van der Waals surface area (Å²) in [7, 11) is 2.26. The zero-order valence-corrected chi connectivity index (χ0v) is 13.8. The molecule has 0 fully saturated rings. The number of hydrogen-bond acceptors (Lipinski definition) is 2. The summed E-state index contributed by atoms with van der Waals surface area (Å²) in [5, 5.41) is 3.62. The first-order chi connectivity index (χ1) is 8.29. The van der Waals surface area contributed by atoms with Gasteiger partial charge in [-0.3, -0.25) is 0 Å². The molecule has 2 nitrogen and oxygen atoms in total. The van der Waals surface area contributed by atoms with Crippen LogP contribution in [-0.4, -0.2) is 38.1 Å². The van der Waals surface area contributed by atoms with Gasteiger partial charge in [0.2, 0.25) is 0 Å². The lowest BCUT2D eigenvalue weighted by atomic mass is 9.86. The highest BCUT2D eigenvalue weighted by Crippen LogP contribution is 2.21. The minimum absolute atomic E-state index is 0.403. The van der Waals surface area contributed by atoms with Crippen LogP contribution >= 0.6 is 0 Å². The fourth-order valence-corrected chi connectivity index (χ4v) is 2.16. The zero-order chi connectivity index (χ0) is 14.2. The molecule has 1 atom stereocenters. The molecular weight excluding hydrogens is 220 g/mol. The molecular formula is C16H36N2. The fourth-order valence-electron chi connectivity index (χ4n) is 2.16. The Labute approximate surface area is 116 Å². The monoisotopic (exact) mass is 256 g/mol. The van der Waals surface area contributed by atoms with Gasteiger partial charge in [-0.05, 0) is 50.2 Å². The molecule has 0 aromatic carbocycles. The SMILES string of the molecule is CCC(C)(CNCC(C)C)CN(C)CCC(C)C. The van der Waals surface area contributed by atoms with Crippen molar-refractivity contribution < 1.29 is 0 Å². The van der Waals surface area contributed by atoms with Crippen molar-refractivity contribution in [1.29, 1.82) is 0 Å². The lowest BCUT2D eigenvalue weighted by Crippen LogP contribution is -2.42. The summed E-state index contributed by atoms with van der Waals surface area (Å²) in [5.74, 6) is 1.55. The number of hydrogen-bond donors (Lipinski definition) is 1. The van der Waals surface area contributed by atoms with E-state index in [-0.39, 0.29) is 0 Å². The average Bonchev–Trinajstić information content (AvgIpc) is 2.25. The maximum atomic E-state index is 3.62. The topological polar surface area (TPSA) is 15.3 Å². The molecule has 1 unspecified atom stereocenters. The molecule has 0 radical (unpaired) electrons. The minimum Gasteiger partial charge on any atom is -0.316 e. The van der Waals surface area contributed by atoms with E-state index in [1.165, 1.54) is 25.9 Å². The van der Waals surface area contributed by atoms with Gasteiger partial charge in [-0.2, -0.15) is 0 Å². The van der Waals surface area contributed by atoms with Crippen molar-refractivity contribution in [3.8, 4) is 0 Å². The van der Waals surface area contributed by atoms with Crippen molar-refractivity contribution in [2.45, 2.75) is 54.4 Å². The summed E-state index contributed by atoms with van der Waals surface area (Å²) in [6, 6.07) is 0. The van der Waals surface area contributed by atoms with Crippen LogP contribution in [0, 0.1) is 17.3 Å². The second kappa shape index (κ2) is 8.92. The van der Waals surface area contributed by atoms with E-state index in [1.807, 2.05) is 0 Å². The number of rotatable bonds is 10. The van der Waals surface area contributed by atoms with Crippen LogP contribution in [0.1, 0.15) is 54.4 Å². The molecule has 0 aromatic heterocycles. The smallest absolute Gasteiger partial charge is 0.00443 e. The molecule has 0 heterocycles. The van der Waals surface area contributed by atoms with E-state index < -0.39 is 0 Å². The summed E-state index contributed by atoms with van der Waals surface area (Å²) in [6.45, 7) is 18.5. The first kappa shape index (κ1) is 17.9. The third-order valence-corrected chi connectivity index (χ3v) is 3.70. The van der Waals surface area contributed by atoms with Crippen molar-refractivity contribution in [2.24, 2.45) is 17.3 Å². The molecule has 0 aliphatic carbocycles. The van der Waals surface area contributed by atoms with Crippen LogP contribution in [0.5, 0.6) is 0 Å². The van der Waals surface area contributed by atoms with E-state index in [2.05, 4.69) is 58.8 Å². The fraction of sp³-hybridized carbons (Fsp3) is 1.00. The van der Waals surface area contributed by atoms with Crippen molar-refractivity contribution >= 4 is 0 Å². The maximum absolute atomic E-state index is 3.62. The van der Waals surface area contributed by atoms with E-state index in [9.17, 15) is 0 Å². The quantitative estimate of drug-likeness (QED) is 0.642. The Morgan fingerprint density at radius 3 is 2.17 bits per heavy atom. The normalized spacial score (nSPS) is 15.7. The lowest BCUT2D eigenvalue weighted by Gasteiger charge is -2.34. The van der Waals surface area contributed by atoms with E-state index in [0.29, 0.717) is 5.41 Å². The van der Waals surface area contributed by atoms with E-state index in [4.69, 9.17) is 0 Å². The molecule has 0 aliphatic heterocycles. The maximum Gasteiger partial charge on any atom is 0.00443 e. The Bertz CT molecular complexity index is 201. The van der Waals surface area contributed by atoms with Crippen molar-refractivity contribution in [3.05, 3.63) is 0 Å². The minimum atomic E-state index is 0.403. The Morgan fingerprint density at radius 1 is 1.11 bits per heavy atom. The van der Waals surface area contributed by atoms with E-state index in [0.717, 1.165) is 24.9 Å². The van der Waals surface area contributed by atoms with Gasteiger partial charge in [0, 0.05) is 13.1 Å². The van der Waals surface area contributed by atoms with E-state index in [1.54, 1.807) is 0 Å². The van der Waals surface area contributed by atoms with Crippen LogP contribution in [0.2, 0.25) is 0 Å². The van der Waals surface area contributed by atoms with Gasteiger partial charge in [0.15, 0.2) is 0 Å². The molecule has 1 N–H and O–H groups in total. The van der Waals surface area contributed by atoms with Gasteiger partial charge in [-0.15, -0.1) is 0 Å². The van der Waals surface area contributed by atoms with Gasteiger partial charge < -0.3 is 10.2 Å². The third-order valence-electron chi connectivity index (χ3n) is 3.70. The van der Waals surface area contributed by atoms with Crippen LogP contribution in [0.15, 0.2) is 0 Å². The van der Waals surface area contributed by atoms with Gasteiger partial charge in [-0.25, -0.2) is 0 Å². The first-order valence-corrected chi connectivity index (χ1v) is 7.68. The molecule has 0 saturated heterocycles. The predicted octanol–water partition coefficient (Wildman–Crippen LogP) is 3.63. The van der Waals surface area contributed by atoms with Crippen molar-refractivity contribution in [2.75, 3.05) is 33.2 Å². The second-order valence-corrected chi connectivity index (χ2v) is 7.11. The Hall–Kier alpha value is -0.0800. The Balaban J connectivity index is 4.04. The van der Waals surface area contributed by atoms with Crippen molar-refractivity contribution in [3.63, 3.8) is 0 Å². The number of nitrogens with zero attached hydrogens (tertiary/aromatic N) is 1. The van der Waals surface area contributed by atoms with Gasteiger partial charge in [0.1, 0.15) is 0 Å². The predicted molar refractivity (Wildman–Crippen MR) is 83.1 cm³/mol. The molecule has 0 amide bonds. The molecule has 0 rings (SSSR count). The number of nitrogens with one attached hydrogen (secondary N) is 1. The molecule has 0 aliphatic rings. The van der Waals surface area contributed by atoms with Crippen LogP contribution in [0.4, 0.5) is 0 Å². The summed E-state index contributed by atoms with van der Waals surface area (Å²) >= 11 is 0. The zero-order valence-electron chi connectivity index (χ0n) is 13.8. The van der Waals surface area contributed by atoms with Crippen LogP contribution in [0.3, 0.4) is 0 Å². The lowest BCUT2D eigenvalue weighted by molar-refractivity contribution is 0.173. The molecule has 0 saturated carbocycles. The highest BCUT2D eigenvalue weighted by Gasteiger charge is 2.23. The molecule has 0 spiro atoms. The highest BCUT2D eigenvalue weighted by molar-refractivity contribution is 4.79. The summed E-state index contributed by atoms with van der Waals surface area (Å²) < 4.78 is 0. The Morgan fingerprint density at radius 2 is 1.72 bits per heavy atom. The third kappa shape index (κ3) is 8.93. The molecule has 18 heavy (non-hydrogen) atoms. The first-order valence-electron chi connectivity index (χ1n) is 7.68. The van der Waals surface area contributed by atoms with Crippen LogP contribution < -0.4 is 5.32 Å². The van der Waals surface area contributed by atoms with Gasteiger partial charge in [0.25, 0.3) is 0 Å². The summed E-state index contributed by atoms with van der Waals surface area (Å²) in [5.41, 5.74) is 0.403. The Kier molecular flexibility index (Phi) is 8.89. The van der Waals surface area contributed by atoms with Gasteiger partial charge in [0.05, 0.1) is 0 Å². The van der Waals surface area contributed by atoms with Crippen LogP contribution in [0.25, 0.3) is 0 Å². The van der Waals surface area contributed by atoms with Gasteiger partial charge in [-0.1, -0.05) is 41.5 Å². The molecule has 110 valence electrons. The largest absolute Gasteiger partial charge is 0.316 e. The summed E-state index contributed by atoms with van der Waals surface area (Å²) in [6.07, 6.45) is 2.54. The van der Waals surface area contributed by atoms with Crippen molar-refractivity contribution in [1.82, 2.24) is 10.2 Å². The molecule has 2 heteroatoms. The highest BCUT2D eigenvalue weighted by atomic mass is 15.1. The molecule has 0 aromatic rings. The second-order valence-electron chi connectivity index (χ2n) is 7.11. The molecule has 0 bridgehead atoms. The van der Waals surface area contributed by atoms with Crippen LogP contribution in [-0.2, 0) is 0 Å². The standard InChI is InChI=1S/C16H36N2/c1-8-16(6,12-17-11-15(4)5)13-18(7)10-9-14(2)3/h14-15,17H,8-13H2,1-7H3. The summed E-state index contributed by atoms with van der Waals surface area (Å²) in [4.78, 5) is 2.50. The van der Waals surface area contributed by atoms with Gasteiger partial charge >= 0.3 is 0 Å². The van der Waals surface area contributed by atoms with E-state index >= 15 is 0 Å². The average molecular weight is 256 g/mol.